The highest BCUT2D eigenvalue weighted by Gasteiger charge is 2.08. The number of nitrogens with zero attached hydrogens (tertiary/aromatic N) is 1. The van der Waals surface area contributed by atoms with Crippen molar-refractivity contribution in [1.82, 2.24) is 4.57 Å². The van der Waals surface area contributed by atoms with Gasteiger partial charge in [0.25, 0.3) is 0 Å². The first kappa shape index (κ1) is 12.9. The largest absolute Gasteiger partial charge is 0.497 e. The van der Waals surface area contributed by atoms with E-state index in [1.165, 1.54) is 11.3 Å². The molecule has 0 aliphatic heterocycles. The van der Waals surface area contributed by atoms with E-state index >= 15 is 0 Å². The molecule has 0 fully saturated rings. The van der Waals surface area contributed by atoms with Gasteiger partial charge in [-0.15, -0.1) is 0 Å². The molecule has 96 valence electrons. The molecule has 4 nitrogen and oxygen atoms in total. The zero-order valence-electron chi connectivity index (χ0n) is 10.3. The minimum absolute atomic E-state index is 0.0641. The number of hydrogen-bond acceptors (Lipinski definition) is 4. The Morgan fingerprint density at radius 3 is 2.67 bits per heavy atom. The number of ether oxygens (including phenoxy) is 1. The number of rotatable bonds is 5. The summed E-state index contributed by atoms with van der Waals surface area (Å²) in [6, 6.07) is 7.70. The molecule has 0 radical (unpaired) electrons. The summed E-state index contributed by atoms with van der Waals surface area (Å²) >= 11 is 1.22. The first-order chi connectivity index (χ1) is 8.76. The van der Waals surface area contributed by atoms with Gasteiger partial charge in [0.15, 0.2) is 0 Å². The lowest BCUT2D eigenvalue weighted by atomic mass is 10.1. The second kappa shape index (κ2) is 5.84. The Labute approximate surface area is 110 Å². The van der Waals surface area contributed by atoms with Gasteiger partial charge in [-0.25, -0.2) is 0 Å². The molecule has 1 heterocycles. The summed E-state index contributed by atoms with van der Waals surface area (Å²) < 4.78 is 6.90. The zero-order chi connectivity index (χ0) is 13.0. The third-order valence-electron chi connectivity index (χ3n) is 2.75. The van der Waals surface area contributed by atoms with Crippen molar-refractivity contribution in [2.75, 3.05) is 13.7 Å². The topological polar surface area (TPSA) is 57.2 Å². The van der Waals surface area contributed by atoms with Gasteiger partial charge >= 0.3 is 4.87 Å². The van der Waals surface area contributed by atoms with Gasteiger partial charge in [-0.05, 0) is 42.8 Å². The van der Waals surface area contributed by atoms with E-state index in [2.05, 4.69) is 0 Å². The monoisotopic (exact) mass is 264 g/mol. The van der Waals surface area contributed by atoms with Crippen LogP contribution in [0.4, 0.5) is 0 Å². The van der Waals surface area contributed by atoms with E-state index in [-0.39, 0.29) is 4.87 Å². The maximum Gasteiger partial charge on any atom is 0.307 e. The van der Waals surface area contributed by atoms with Gasteiger partial charge in [-0.2, -0.15) is 0 Å². The van der Waals surface area contributed by atoms with E-state index in [0.717, 1.165) is 23.4 Å². The minimum atomic E-state index is 0.0641. The molecule has 1 aromatic carbocycles. The molecule has 0 amide bonds. The van der Waals surface area contributed by atoms with Crippen molar-refractivity contribution in [1.29, 1.82) is 0 Å². The second-order valence-electron chi connectivity index (χ2n) is 3.91. The molecule has 0 spiro atoms. The Balaban J connectivity index is 2.34. The molecule has 0 aliphatic rings. The van der Waals surface area contributed by atoms with Crippen molar-refractivity contribution in [2.24, 2.45) is 5.73 Å². The van der Waals surface area contributed by atoms with E-state index < -0.39 is 0 Å². The standard InChI is InChI=1S/C13H16N2O2S/c1-17-11-5-3-10(4-6-11)12-9-18-13(16)15(12)8-2-7-14/h3-6,9H,2,7-8,14H2,1H3. The molecule has 0 bridgehead atoms. The molecule has 2 rings (SSSR count). The second-order valence-corrected chi connectivity index (χ2v) is 4.73. The lowest BCUT2D eigenvalue weighted by molar-refractivity contribution is 0.415. The molecule has 18 heavy (non-hydrogen) atoms. The first-order valence-electron chi connectivity index (χ1n) is 5.79. The van der Waals surface area contributed by atoms with Gasteiger partial charge in [0.05, 0.1) is 12.8 Å². The Hall–Kier alpha value is -1.59. The van der Waals surface area contributed by atoms with Gasteiger partial charge in [-0.1, -0.05) is 11.3 Å². The molecule has 0 atom stereocenters. The first-order valence-corrected chi connectivity index (χ1v) is 6.67. The minimum Gasteiger partial charge on any atom is -0.497 e. The summed E-state index contributed by atoms with van der Waals surface area (Å²) in [5.74, 6) is 0.810. The Morgan fingerprint density at radius 1 is 1.33 bits per heavy atom. The summed E-state index contributed by atoms with van der Waals surface area (Å²) in [5.41, 5.74) is 7.46. The lowest BCUT2D eigenvalue weighted by Crippen LogP contribution is -2.16. The fraction of sp³-hybridized carbons (Fsp3) is 0.308. The van der Waals surface area contributed by atoms with Crippen molar-refractivity contribution in [3.8, 4) is 17.0 Å². The molecular formula is C13H16N2O2S. The predicted octanol–water partition coefficient (Wildman–Crippen LogP) is 1.93. The van der Waals surface area contributed by atoms with Crippen LogP contribution in [0.15, 0.2) is 34.4 Å². The molecule has 2 N–H and O–H groups in total. The van der Waals surface area contributed by atoms with Crippen LogP contribution >= 0.6 is 11.3 Å². The highest BCUT2D eigenvalue weighted by atomic mass is 32.1. The fourth-order valence-electron chi connectivity index (χ4n) is 1.78. The highest BCUT2D eigenvalue weighted by molar-refractivity contribution is 7.07. The molecule has 0 saturated heterocycles. The van der Waals surface area contributed by atoms with Gasteiger partial charge in [-0.3, -0.25) is 9.36 Å². The number of aromatic nitrogens is 1. The molecule has 0 saturated carbocycles. The average Bonchev–Trinajstić information content (AvgIpc) is 2.78. The van der Waals surface area contributed by atoms with Crippen LogP contribution in [0.25, 0.3) is 11.3 Å². The normalized spacial score (nSPS) is 10.6. The molecule has 5 heteroatoms. The van der Waals surface area contributed by atoms with E-state index in [4.69, 9.17) is 10.5 Å². The quantitative estimate of drug-likeness (QED) is 0.897. The number of methoxy groups -OCH3 is 1. The molecule has 0 unspecified atom stereocenters. The summed E-state index contributed by atoms with van der Waals surface area (Å²) in [5, 5.41) is 1.89. The van der Waals surface area contributed by atoms with Crippen LogP contribution in [0.3, 0.4) is 0 Å². The Kier molecular flexibility index (Phi) is 4.17. The van der Waals surface area contributed by atoms with Gasteiger partial charge in [0.1, 0.15) is 5.75 Å². The number of benzene rings is 1. The van der Waals surface area contributed by atoms with Gasteiger partial charge in [0, 0.05) is 11.9 Å². The van der Waals surface area contributed by atoms with Crippen molar-refractivity contribution >= 4 is 11.3 Å². The summed E-state index contributed by atoms with van der Waals surface area (Å²) in [6.45, 7) is 1.25. The van der Waals surface area contributed by atoms with E-state index in [0.29, 0.717) is 13.1 Å². The number of hydrogen-bond donors (Lipinski definition) is 1. The van der Waals surface area contributed by atoms with Crippen LogP contribution in [-0.2, 0) is 6.54 Å². The van der Waals surface area contributed by atoms with Crippen LogP contribution in [-0.4, -0.2) is 18.2 Å². The molecule has 2 aromatic rings. The predicted molar refractivity (Wildman–Crippen MR) is 74.2 cm³/mol. The number of thiazole rings is 1. The molecule has 1 aromatic heterocycles. The number of nitrogens with two attached hydrogens (primary N) is 1. The van der Waals surface area contributed by atoms with Crippen molar-refractivity contribution in [3.63, 3.8) is 0 Å². The van der Waals surface area contributed by atoms with Crippen LogP contribution in [0.5, 0.6) is 5.75 Å². The summed E-state index contributed by atoms with van der Waals surface area (Å²) in [6.07, 6.45) is 0.805. The SMILES string of the molecule is COc1ccc(-c2csc(=O)n2CCCN)cc1. The van der Waals surface area contributed by atoms with E-state index in [1.807, 2.05) is 29.6 Å². The van der Waals surface area contributed by atoms with Crippen LogP contribution in [0, 0.1) is 0 Å². The van der Waals surface area contributed by atoms with Crippen molar-refractivity contribution in [3.05, 3.63) is 39.3 Å². The highest BCUT2D eigenvalue weighted by Crippen LogP contribution is 2.23. The van der Waals surface area contributed by atoms with E-state index in [9.17, 15) is 4.79 Å². The van der Waals surface area contributed by atoms with Crippen LogP contribution in [0.1, 0.15) is 6.42 Å². The Bertz CT molecular complexity index is 557. The maximum absolute atomic E-state index is 11.8. The van der Waals surface area contributed by atoms with E-state index in [1.54, 1.807) is 11.7 Å². The lowest BCUT2D eigenvalue weighted by Gasteiger charge is -2.07. The summed E-state index contributed by atoms with van der Waals surface area (Å²) in [7, 11) is 1.64. The Morgan fingerprint density at radius 2 is 2.06 bits per heavy atom. The average molecular weight is 264 g/mol. The maximum atomic E-state index is 11.8. The fourth-order valence-corrected chi connectivity index (χ4v) is 2.57. The van der Waals surface area contributed by atoms with Crippen molar-refractivity contribution < 1.29 is 4.74 Å². The molecular weight excluding hydrogens is 248 g/mol. The van der Waals surface area contributed by atoms with Gasteiger partial charge < -0.3 is 10.5 Å². The van der Waals surface area contributed by atoms with Crippen LogP contribution in [0.2, 0.25) is 0 Å². The van der Waals surface area contributed by atoms with Gasteiger partial charge in [0.2, 0.25) is 0 Å². The third-order valence-corrected chi connectivity index (χ3v) is 3.52. The molecule has 0 aliphatic carbocycles. The van der Waals surface area contributed by atoms with Crippen molar-refractivity contribution in [2.45, 2.75) is 13.0 Å². The third kappa shape index (κ3) is 2.63. The summed E-state index contributed by atoms with van der Waals surface area (Å²) in [4.78, 5) is 11.8. The van der Waals surface area contributed by atoms with Crippen LogP contribution < -0.4 is 15.3 Å². The zero-order valence-corrected chi connectivity index (χ0v) is 11.1. The smallest absolute Gasteiger partial charge is 0.307 e.